The van der Waals surface area contributed by atoms with Crippen molar-refractivity contribution >= 4 is 17.9 Å². The maximum atomic E-state index is 12.5. The van der Waals surface area contributed by atoms with Crippen LogP contribution in [0.25, 0.3) is 0 Å². The molecule has 0 bridgehead atoms. The highest BCUT2D eigenvalue weighted by atomic mass is 16.4. The lowest BCUT2D eigenvalue weighted by Crippen LogP contribution is -2.62. The van der Waals surface area contributed by atoms with E-state index in [9.17, 15) is 19.5 Å². The summed E-state index contributed by atoms with van der Waals surface area (Å²) in [6.45, 7) is 0.858. The van der Waals surface area contributed by atoms with Crippen molar-refractivity contribution < 1.29 is 24.6 Å². The van der Waals surface area contributed by atoms with Crippen molar-refractivity contribution in [1.82, 2.24) is 15.1 Å². The number of piperazine rings is 1. The number of aliphatic hydroxyl groups excluding tert-OH is 1. The van der Waals surface area contributed by atoms with Gasteiger partial charge in [0.25, 0.3) is 0 Å². The first-order valence-electron chi connectivity index (χ1n) is 7.19. The molecule has 21 heavy (non-hydrogen) atoms. The number of urea groups is 1. The number of carboxylic acid groups (broad SMARTS) is 1. The van der Waals surface area contributed by atoms with Crippen molar-refractivity contribution in [3.63, 3.8) is 0 Å². The fourth-order valence-corrected chi connectivity index (χ4v) is 2.90. The van der Waals surface area contributed by atoms with E-state index in [1.54, 1.807) is 4.90 Å². The Kier molecular flexibility index (Phi) is 5.00. The number of rotatable bonds is 3. The van der Waals surface area contributed by atoms with E-state index in [4.69, 9.17) is 5.11 Å². The number of nitrogens with one attached hydrogen (secondary N) is 1. The molecular weight excluding hydrogens is 278 g/mol. The van der Waals surface area contributed by atoms with Crippen molar-refractivity contribution in [2.75, 3.05) is 32.8 Å². The predicted molar refractivity (Wildman–Crippen MR) is 72.5 cm³/mol. The molecule has 0 radical (unpaired) electrons. The molecule has 8 heteroatoms. The van der Waals surface area contributed by atoms with Crippen molar-refractivity contribution in [2.24, 2.45) is 5.92 Å². The Bertz CT molecular complexity index is 426. The van der Waals surface area contributed by atoms with Gasteiger partial charge in [-0.1, -0.05) is 0 Å². The Morgan fingerprint density at radius 2 is 2.14 bits per heavy atom. The number of carboxylic acids is 1. The second-order valence-electron chi connectivity index (χ2n) is 5.54. The first-order chi connectivity index (χ1) is 10.0. The Labute approximate surface area is 122 Å². The molecule has 2 saturated heterocycles. The summed E-state index contributed by atoms with van der Waals surface area (Å²) in [4.78, 5) is 37.9. The number of likely N-dealkylation sites (tertiary alicyclic amines) is 1. The number of aliphatic hydroxyl groups is 1. The van der Waals surface area contributed by atoms with Crippen LogP contribution in [-0.2, 0) is 9.59 Å². The highest BCUT2D eigenvalue weighted by Crippen LogP contribution is 2.21. The molecule has 3 amide bonds. The molecule has 2 aliphatic heterocycles. The van der Waals surface area contributed by atoms with Crippen LogP contribution in [0.2, 0.25) is 0 Å². The first kappa shape index (κ1) is 15.6. The molecule has 0 saturated carbocycles. The molecule has 3 N–H and O–H groups in total. The van der Waals surface area contributed by atoms with Gasteiger partial charge in [-0.3, -0.25) is 9.69 Å². The molecule has 2 unspecified atom stereocenters. The number of amides is 3. The van der Waals surface area contributed by atoms with Crippen LogP contribution in [-0.4, -0.2) is 76.7 Å². The fourth-order valence-electron chi connectivity index (χ4n) is 2.90. The molecule has 0 spiro atoms. The molecule has 0 aliphatic carbocycles. The maximum absolute atomic E-state index is 12.5. The van der Waals surface area contributed by atoms with Crippen LogP contribution < -0.4 is 5.32 Å². The molecule has 2 rings (SSSR count). The van der Waals surface area contributed by atoms with E-state index in [0.717, 1.165) is 17.7 Å². The van der Waals surface area contributed by atoms with Crippen LogP contribution in [0.15, 0.2) is 0 Å². The SMILES string of the molecule is O=C1CN(C(=O)N2CCCC(CCO)C2)C(C(=O)O)CN1. The minimum absolute atomic E-state index is 0.0617. The fraction of sp³-hybridized carbons (Fsp3) is 0.769. The van der Waals surface area contributed by atoms with E-state index >= 15 is 0 Å². The van der Waals surface area contributed by atoms with Gasteiger partial charge in [0.05, 0.1) is 0 Å². The summed E-state index contributed by atoms with van der Waals surface area (Å²) in [7, 11) is 0. The summed E-state index contributed by atoms with van der Waals surface area (Å²) in [5, 5.41) is 20.6. The van der Waals surface area contributed by atoms with E-state index < -0.39 is 18.0 Å². The molecule has 0 aromatic heterocycles. The van der Waals surface area contributed by atoms with Gasteiger partial charge in [-0.25, -0.2) is 9.59 Å². The van der Waals surface area contributed by atoms with Crippen LogP contribution in [0.3, 0.4) is 0 Å². The van der Waals surface area contributed by atoms with Crippen molar-refractivity contribution in [2.45, 2.75) is 25.3 Å². The average Bonchev–Trinajstić information content (AvgIpc) is 2.46. The molecule has 2 aliphatic rings. The third-order valence-electron chi connectivity index (χ3n) is 4.04. The molecule has 2 heterocycles. The van der Waals surface area contributed by atoms with Gasteiger partial charge < -0.3 is 20.4 Å². The molecule has 2 fully saturated rings. The number of hydrogen-bond donors (Lipinski definition) is 3. The van der Waals surface area contributed by atoms with E-state index in [1.165, 1.54) is 0 Å². The van der Waals surface area contributed by atoms with Gasteiger partial charge in [-0.2, -0.15) is 0 Å². The Hall–Kier alpha value is -1.83. The smallest absolute Gasteiger partial charge is 0.328 e. The Balaban J connectivity index is 2.05. The van der Waals surface area contributed by atoms with Gasteiger partial charge in [-0.05, 0) is 25.2 Å². The third-order valence-corrected chi connectivity index (χ3v) is 4.04. The second kappa shape index (κ2) is 6.75. The number of nitrogens with zero attached hydrogens (tertiary/aromatic N) is 2. The lowest BCUT2D eigenvalue weighted by atomic mass is 9.95. The second-order valence-corrected chi connectivity index (χ2v) is 5.54. The molecule has 118 valence electrons. The summed E-state index contributed by atoms with van der Waals surface area (Å²) in [5.41, 5.74) is 0. The Morgan fingerprint density at radius 3 is 2.81 bits per heavy atom. The van der Waals surface area contributed by atoms with Gasteiger partial charge in [0, 0.05) is 26.2 Å². The van der Waals surface area contributed by atoms with E-state index in [2.05, 4.69) is 5.32 Å². The normalized spacial score (nSPS) is 26.4. The number of hydrogen-bond acceptors (Lipinski definition) is 4. The van der Waals surface area contributed by atoms with E-state index in [-0.39, 0.29) is 31.5 Å². The summed E-state index contributed by atoms with van der Waals surface area (Å²) >= 11 is 0. The van der Waals surface area contributed by atoms with Crippen LogP contribution in [0.4, 0.5) is 4.79 Å². The van der Waals surface area contributed by atoms with Gasteiger partial charge in [0.15, 0.2) is 0 Å². The molecule has 2 atom stereocenters. The topological polar surface area (TPSA) is 110 Å². The molecule has 0 aromatic rings. The van der Waals surface area contributed by atoms with Crippen LogP contribution in [0, 0.1) is 5.92 Å². The minimum atomic E-state index is -1.12. The lowest BCUT2D eigenvalue weighted by Gasteiger charge is -2.39. The van der Waals surface area contributed by atoms with E-state index in [0.29, 0.717) is 19.5 Å². The largest absolute Gasteiger partial charge is 0.480 e. The van der Waals surface area contributed by atoms with Crippen LogP contribution in [0.1, 0.15) is 19.3 Å². The van der Waals surface area contributed by atoms with Gasteiger partial charge in [-0.15, -0.1) is 0 Å². The highest BCUT2D eigenvalue weighted by Gasteiger charge is 2.38. The standard InChI is InChI=1S/C13H21N3O5/c17-5-3-9-2-1-4-15(7-9)13(21)16-8-11(18)14-6-10(16)12(19)20/h9-10,17H,1-8H2,(H,14,18)(H,19,20). The number of piperidine rings is 1. The summed E-state index contributed by atoms with van der Waals surface area (Å²) in [5.74, 6) is -1.23. The summed E-state index contributed by atoms with van der Waals surface area (Å²) in [6.07, 6.45) is 2.41. The number of carbonyl (C=O) groups is 3. The summed E-state index contributed by atoms with van der Waals surface area (Å²) < 4.78 is 0. The monoisotopic (exact) mass is 299 g/mol. The molecule has 8 nitrogen and oxygen atoms in total. The zero-order valence-electron chi connectivity index (χ0n) is 11.8. The lowest BCUT2D eigenvalue weighted by molar-refractivity contribution is -0.144. The van der Waals surface area contributed by atoms with Gasteiger partial charge in [0.2, 0.25) is 5.91 Å². The van der Waals surface area contributed by atoms with Gasteiger partial charge >= 0.3 is 12.0 Å². The quantitative estimate of drug-likeness (QED) is 0.624. The van der Waals surface area contributed by atoms with Crippen molar-refractivity contribution in [3.8, 4) is 0 Å². The number of carbonyl (C=O) groups excluding carboxylic acids is 2. The third kappa shape index (κ3) is 3.63. The van der Waals surface area contributed by atoms with Crippen molar-refractivity contribution in [1.29, 1.82) is 0 Å². The summed E-state index contributed by atoms with van der Waals surface area (Å²) in [6, 6.07) is -1.42. The first-order valence-corrected chi connectivity index (χ1v) is 7.19. The van der Waals surface area contributed by atoms with E-state index in [1.807, 2.05) is 0 Å². The maximum Gasteiger partial charge on any atom is 0.328 e. The van der Waals surface area contributed by atoms with Crippen LogP contribution in [0.5, 0.6) is 0 Å². The molecular formula is C13H21N3O5. The minimum Gasteiger partial charge on any atom is -0.480 e. The zero-order chi connectivity index (χ0) is 15.4. The van der Waals surface area contributed by atoms with Crippen molar-refractivity contribution in [3.05, 3.63) is 0 Å². The molecule has 0 aromatic carbocycles. The average molecular weight is 299 g/mol. The Morgan fingerprint density at radius 1 is 1.38 bits per heavy atom. The zero-order valence-corrected chi connectivity index (χ0v) is 11.8. The van der Waals surface area contributed by atoms with Crippen LogP contribution >= 0.6 is 0 Å². The van der Waals surface area contributed by atoms with Gasteiger partial charge in [0.1, 0.15) is 12.6 Å². The number of aliphatic carboxylic acids is 1. The highest BCUT2D eigenvalue weighted by molar-refractivity contribution is 5.90. The predicted octanol–water partition coefficient (Wildman–Crippen LogP) is -0.914.